The lowest BCUT2D eigenvalue weighted by Crippen LogP contribution is -1.83. The minimum absolute atomic E-state index is 0.534. The average Bonchev–Trinajstić information content (AvgIpc) is 2.75. The largest absolute Gasteiger partial charge is 0.468 e. The topological polar surface area (TPSA) is 53.7 Å². The predicted octanol–water partition coefficient (Wildman–Crippen LogP) is 1.41. The van der Waals surface area contributed by atoms with E-state index >= 15 is 0 Å². The number of imidazole rings is 1. The lowest BCUT2D eigenvalue weighted by atomic mass is 10.3. The van der Waals surface area contributed by atoms with E-state index in [0.29, 0.717) is 6.01 Å². The van der Waals surface area contributed by atoms with Crippen LogP contribution in [0.15, 0.2) is 24.7 Å². The summed E-state index contributed by atoms with van der Waals surface area (Å²) in [7, 11) is 1.58. The van der Waals surface area contributed by atoms with E-state index in [9.17, 15) is 0 Å². The van der Waals surface area contributed by atoms with Gasteiger partial charge in [-0.2, -0.15) is 0 Å². The van der Waals surface area contributed by atoms with Crippen molar-refractivity contribution in [1.82, 2.24) is 15.0 Å². The van der Waals surface area contributed by atoms with E-state index in [2.05, 4.69) is 15.0 Å². The second-order valence-corrected chi connectivity index (χ2v) is 2.41. The van der Waals surface area contributed by atoms with Gasteiger partial charge in [-0.1, -0.05) is 0 Å². The summed E-state index contributed by atoms with van der Waals surface area (Å²) in [6, 6.07) is 2.50. The van der Waals surface area contributed by atoms with Gasteiger partial charge in [-0.25, -0.2) is 4.98 Å². The third-order valence-electron chi connectivity index (χ3n) is 1.65. The SMILES string of the molecule is COc1ncc(-c2cc[nH]c2)[nH]1. The average molecular weight is 163 g/mol. The van der Waals surface area contributed by atoms with Gasteiger partial charge in [-0.05, 0) is 6.07 Å². The van der Waals surface area contributed by atoms with Crippen molar-refractivity contribution in [2.45, 2.75) is 0 Å². The Morgan fingerprint density at radius 1 is 1.50 bits per heavy atom. The van der Waals surface area contributed by atoms with Crippen molar-refractivity contribution in [3.63, 3.8) is 0 Å². The number of aromatic nitrogens is 3. The van der Waals surface area contributed by atoms with Gasteiger partial charge in [-0.15, -0.1) is 0 Å². The molecule has 0 saturated carbocycles. The maximum atomic E-state index is 4.92. The fraction of sp³-hybridized carbons (Fsp3) is 0.125. The van der Waals surface area contributed by atoms with Gasteiger partial charge >= 0.3 is 0 Å². The van der Waals surface area contributed by atoms with E-state index < -0.39 is 0 Å². The van der Waals surface area contributed by atoms with E-state index in [0.717, 1.165) is 11.3 Å². The Morgan fingerprint density at radius 2 is 2.42 bits per heavy atom. The van der Waals surface area contributed by atoms with E-state index in [1.54, 1.807) is 13.3 Å². The molecule has 0 saturated heterocycles. The standard InChI is InChI=1S/C8H9N3O/c1-12-8-10-5-7(11-8)6-2-3-9-4-6/h2-5,9H,1H3,(H,10,11). The fourth-order valence-corrected chi connectivity index (χ4v) is 1.04. The molecular formula is C8H9N3O. The Hall–Kier alpha value is -1.71. The van der Waals surface area contributed by atoms with Crippen LogP contribution in [0.4, 0.5) is 0 Å². The maximum absolute atomic E-state index is 4.92. The minimum Gasteiger partial charge on any atom is -0.468 e. The van der Waals surface area contributed by atoms with Crippen molar-refractivity contribution in [1.29, 1.82) is 0 Å². The molecule has 4 heteroatoms. The van der Waals surface area contributed by atoms with Crippen LogP contribution >= 0.6 is 0 Å². The van der Waals surface area contributed by atoms with Gasteiger partial charge in [0.15, 0.2) is 0 Å². The number of aromatic amines is 2. The first kappa shape index (κ1) is 6.97. The highest BCUT2D eigenvalue weighted by atomic mass is 16.5. The second kappa shape index (κ2) is 2.73. The number of ether oxygens (including phenoxy) is 1. The molecule has 2 rings (SSSR count). The molecule has 62 valence electrons. The Balaban J connectivity index is 2.35. The Bertz CT molecular complexity index is 350. The number of nitrogens with zero attached hydrogens (tertiary/aromatic N) is 1. The molecule has 2 aromatic rings. The molecule has 0 aliphatic heterocycles. The van der Waals surface area contributed by atoms with Gasteiger partial charge in [0, 0.05) is 18.0 Å². The van der Waals surface area contributed by atoms with Crippen LogP contribution in [0.3, 0.4) is 0 Å². The molecule has 2 N–H and O–H groups in total. The van der Waals surface area contributed by atoms with Crippen LogP contribution in [0.2, 0.25) is 0 Å². The van der Waals surface area contributed by atoms with Crippen LogP contribution in [0, 0.1) is 0 Å². The summed E-state index contributed by atoms with van der Waals surface area (Å²) in [6.07, 6.45) is 5.50. The summed E-state index contributed by atoms with van der Waals surface area (Å²) in [4.78, 5) is 9.98. The van der Waals surface area contributed by atoms with E-state index in [1.165, 1.54) is 0 Å². The summed E-state index contributed by atoms with van der Waals surface area (Å²) in [5.74, 6) is 0. The Labute approximate surface area is 69.6 Å². The van der Waals surface area contributed by atoms with E-state index in [1.807, 2.05) is 18.5 Å². The first-order valence-electron chi connectivity index (χ1n) is 3.62. The highest BCUT2D eigenvalue weighted by Gasteiger charge is 2.01. The van der Waals surface area contributed by atoms with Crippen LogP contribution in [0.25, 0.3) is 11.3 Å². The summed E-state index contributed by atoms with van der Waals surface area (Å²) in [5, 5.41) is 0. The number of methoxy groups -OCH3 is 1. The summed E-state index contributed by atoms with van der Waals surface area (Å²) >= 11 is 0. The Kier molecular flexibility index (Phi) is 1.59. The van der Waals surface area contributed by atoms with Gasteiger partial charge in [0.2, 0.25) is 0 Å². The van der Waals surface area contributed by atoms with E-state index in [4.69, 9.17) is 4.74 Å². The molecule has 0 aromatic carbocycles. The number of nitrogens with one attached hydrogen (secondary N) is 2. The van der Waals surface area contributed by atoms with Crippen molar-refractivity contribution >= 4 is 0 Å². The molecule has 0 unspecified atom stereocenters. The molecule has 0 radical (unpaired) electrons. The van der Waals surface area contributed by atoms with Crippen LogP contribution in [-0.4, -0.2) is 22.1 Å². The third kappa shape index (κ3) is 1.07. The molecule has 0 bridgehead atoms. The monoisotopic (exact) mass is 163 g/mol. The van der Waals surface area contributed by atoms with Gasteiger partial charge < -0.3 is 14.7 Å². The lowest BCUT2D eigenvalue weighted by Gasteiger charge is -1.90. The molecule has 0 amide bonds. The molecule has 4 nitrogen and oxygen atoms in total. The first-order valence-corrected chi connectivity index (χ1v) is 3.62. The zero-order valence-electron chi connectivity index (χ0n) is 6.66. The van der Waals surface area contributed by atoms with E-state index in [-0.39, 0.29) is 0 Å². The number of H-pyrrole nitrogens is 2. The Morgan fingerprint density at radius 3 is 3.00 bits per heavy atom. The van der Waals surface area contributed by atoms with Gasteiger partial charge in [-0.3, -0.25) is 0 Å². The highest BCUT2D eigenvalue weighted by molar-refractivity contribution is 5.57. The highest BCUT2D eigenvalue weighted by Crippen LogP contribution is 2.17. The molecule has 0 fully saturated rings. The molecule has 2 aromatic heterocycles. The smallest absolute Gasteiger partial charge is 0.293 e. The predicted molar refractivity (Wildman–Crippen MR) is 44.9 cm³/mol. The number of hydrogen-bond donors (Lipinski definition) is 2. The van der Waals surface area contributed by atoms with Crippen molar-refractivity contribution in [3.05, 3.63) is 24.7 Å². The zero-order chi connectivity index (χ0) is 8.39. The van der Waals surface area contributed by atoms with Crippen LogP contribution in [0.5, 0.6) is 6.01 Å². The van der Waals surface area contributed by atoms with Crippen molar-refractivity contribution < 1.29 is 4.74 Å². The van der Waals surface area contributed by atoms with Crippen molar-refractivity contribution in [2.24, 2.45) is 0 Å². The normalized spacial score (nSPS) is 10.1. The summed E-state index contributed by atoms with van der Waals surface area (Å²) < 4.78 is 4.92. The molecule has 12 heavy (non-hydrogen) atoms. The maximum Gasteiger partial charge on any atom is 0.293 e. The third-order valence-corrected chi connectivity index (χ3v) is 1.65. The first-order chi connectivity index (χ1) is 5.90. The fourth-order valence-electron chi connectivity index (χ4n) is 1.04. The zero-order valence-corrected chi connectivity index (χ0v) is 6.66. The molecular weight excluding hydrogens is 154 g/mol. The number of rotatable bonds is 2. The summed E-state index contributed by atoms with van der Waals surface area (Å²) in [6.45, 7) is 0. The molecule has 0 aliphatic carbocycles. The van der Waals surface area contributed by atoms with Gasteiger partial charge in [0.05, 0.1) is 19.0 Å². The van der Waals surface area contributed by atoms with Crippen LogP contribution < -0.4 is 4.74 Å². The molecule has 2 heterocycles. The van der Waals surface area contributed by atoms with Gasteiger partial charge in [0.25, 0.3) is 6.01 Å². The minimum atomic E-state index is 0.534. The summed E-state index contributed by atoms with van der Waals surface area (Å²) in [5.41, 5.74) is 2.03. The van der Waals surface area contributed by atoms with Crippen molar-refractivity contribution in [2.75, 3.05) is 7.11 Å². The second-order valence-electron chi connectivity index (χ2n) is 2.41. The van der Waals surface area contributed by atoms with Crippen LogP contribution in [0.1, 0.15) is 0 Å². The van der Waals surface area contributed by atoms with Crippen LogP contribution in [-0.2, 0) is 0 Å². The van der Waals surface area contributed by atoms with Gasteiger partial charge in [0.1, 0.15) is 0 Å². The van der Waals surface area contributed by atoms with Crippen molar-refractivity contribution in [3.8, 4) is 17.3 Å². The molecule has 0 aliphatic rings. The lowest BCUT2D eigenvalue weighted by molar-refractivity contribution is 0.384. The molecule has 0 spiro atoms. The molecule has 0 atom stereocenters. The number of hydrogen-bond acceptors (Lipinski definition) is 2. The quantitative estimate of drug-likeness (QED) is 0.703.